The maximum atomic E-state index is 13.2. The van der Waals surface area contributed by atoms with Crippen molar-refractivity contribution in [3.8, 4) is 0 Å². The molecule has 0 aliphatic heterocycles. The largest absolute Gasteiger partial charge is 0.465 e. The topological polar surface area (TPSA) is 26.3 Å². The quantitative estimate of drug-likeness (QED) is 0.630. The Hall–Kier alpha value is -0.970. The molecule has 1 aromatic carbocycles. The summed E-state index contributed by atoms with van der Waals surface area (Å²) in [5.41, 5.74) is -0.113. The van der Waals surface area contributed by atoms with E-state index in [1.54, 1.807) is 6.92 Å². The molecule has 0 bridgehead atoms. The van der Waals surface area contributed by atoms with E-state index in [1.807, 2.05) is 0 Å². The van der Waals surface area contributed by atoms with Crippen molar-refractivity contribution in [3.63, 3.8) is 0 Å². The van der Waals surface area contributed by atoms with Gasteiger partial charge in [-0.15, -0.1) is 0 Å². The van der Waals surface area contributed by atoms with Crippen molar-refractivity contribution in [2.24, 2.45) is 0 Å². The van der Waals surface area contributed by atoms with E-state index in [9.17, 15) is 13.6 Å². The first kappa shape index (κ1) is 13.1. The van der Waals surface area contributed by atoms with Crippen molar-refractivity contribution < 1.29 is 18.3 Å². The van der Waals surface area contributed by atoms with E-state index >= 15 is 0 Å². The lowest BCUT2D eigenvalue weighted by Crippen LogP contribution is -2.20. The third-order valence-corrected chi connectivity index (χ3v) is 2.68. The third kappa shape index (κ3) is 3.27. The third-order valence-electron chi connectivity index (χ3n) is 1.99. The predicted octanol–water partition coefficient (Wildman–Crippen LogP) is 2.83. The minimum Gasteiger partial charge on any atom is -0.465 e. The summed E-state index contributed by atoms with van der Waals surface area (Å²) < 4.78 is 31.2. The fourth-order valence-corrected chi connectivity index (χ4v) is 1.68. The van der Waals surface area contributed by atoms with Gasteiger partial charge in [0, 0.05) is 12.0 Å². The summed E-state index contributed by atoms with van der Waals surface area (Å²) in [6.45, 7) is 1.90. The second-order valence-electron chi connectivity index (χ2n) is 3.12. The van der Waals surface area contributed by atoms with Gasteiger partial charge in [-0.2, -0.15) is 0 Å². The van der Waals surface area contributed by atoms with Gasteiger partial charge in [0.1, 0.15) is 16.5 Å². The number of hydrogen-bond acceptors (Lipinski definition) is 2. The van der Waals surface area contributed by atoms with E-state index in [0.717, 1.165) is 12.1 Å². The van der Waals surface area contributed by atoms with Crippen LogP contribution in [0.15, 0.2) is 18.2 Å². The Balaban J connectivity index is 2.76. The highest BCUT2D eigenvalue weighted by molar-refractivity contribution is 9.10. The number of hydrogen-bond donors (Lipinski definition) is 0. The molecule has 5 heteroatoms. The van der Waals surface area contributed by atoms with Gasteiger partial charge < -0.3 is 4.74 Å². The molecule has 1 aromatic rings. The molecule has 0 aliphatic carbocycles. The summed E-state index contributed by atoms with van der Waals surface area (Å²) in [7, 11) is 0. The molecule has 0 saturated heterocycles. The van der Waals surface area contributed by atoms with Gasteiger partial charge in [-0.25, -0.2) is 8.78 Å². The SMILES string of the molecule is CCOC(=O)C(Br)Cc1c(F)cccc1F. The molecule has 0 radical (unpaired) electrons. The number of rotatable bonds is 4. The molecule has 1 rings (SSSR count). The van der Waals surface area contributed by atoms with E-state index in [-0.39, 0.29) is 18.6 Å². The van der Waals surface area contributed by atoms with Crippen molar-refractivity contribution in [1.82, 2.24) is 0 Å². The van der Waals surface area contributed by atoms with Crippen LogP contribution in [0.3, 0.4) is 0 Å². The predicted molar refractivity (Wildman–Crippen MR) is 59.4 cm³/mol. The van der Waals surface area contributed by atoms with Crippen molar-refractivity contribution in [3.05, 3.63) is 35.4 Å². The molecular weight excluding hydrogens is 282 g/mol. The molecule has 16 heavy (non-hydrogen) atoms. The van der Waals surface area contributed by atoms with E-state index in [4.69, 9.17) is 4.74 Å². The first-order chi connectivity index (χ1) is 7.56. The minimum atomic E-state index is -0.737. The van der Waals surface area contributed by atoms with Gasteiger partial charge in [0.25, 0.3) is 0 Å². The van der Waals surface area contributed by atoms with Crippen LogP contribution < -0.4 is 0 Å². The summed E-state index contributed by atoms with van der Waals surface area (Å²) in [5, 5.41) is 0. The zero-order valence-corrected chi connectivity index (χ0v) is 10.3. The van der Waals surface area contributed by atoms with Gasteiger partial charge in [0.05, 0.1) is 6.61 Å². The zero-order chi connectivity index (χ0) is 12.1. The van der Waals surface area contributed by atoms with Gasteiger partial charge in [0.2, 0.25) is 0 Å². The van der Waals surface area contributed by atoms with Crippen molar-refractivity contribution in [2.45, 2.75) is 18.2 Å². The molecule has 0 heterocycles. The van der Waals surface area contributed by atoms with Gasteiger partial charge in [-0.1, -0.05) is 22.0 Å². The number of halogens is 3. The summed E-state index contributed by atoms with van der Waals surface area (Å²) in [5.74, 6) is -1.84. The number of benzene rings is 1. The Kier molecular flexibility index (Phi) is 4.86. The number of carbonyl (C=O) groups is 1. The Bertz CT molecular complexity index is 362. The first-order valence-corrected chi connectivity index (χ1v) is 5.71. The number of alkyl halides is 1. The molecule has 0 aliphatic rings. The second-order valence-corrected chi connectivity index (χ2v) is 4.23. The molecule has 1 unspecified atom stereocenters. The van der Waals surface area contributed by atoms with Crippen LogP contribution in [0.2, 0.25) is 0 Å². The van der Waals surface area contributed by atoms with E-state index in [1.165, 1.54) is 6.07 Å². The second kappa shape index (κ2) is 5.94. The van der Waals surface area contributed by atoms with E-state index in [2.05, 4.69) is 15.9 Å². The van der Waals surface area contributed by atoms with Crippen LogP contribution in [-0.2, 0) is 16.0 Å². The molecule has 88 valence electrons. The number of ether oxygens (including phenoxy) is 1. The fraction of sp³-hybridized carbons (Fsp3) is 0.364. The minimum absolute atomic E-state index is 0.0721. The van der Waals surface area contributed by atoms with Crippen LogP contribution in [0.1, 0.15) is 12.5 Å². The smallest absolute Gasteiger partial charge is 0.320 e. The Morgan fingerprint density at radius 2 is 2.00 bits per heavy atom. The number of esters is 1. The van der Waals surface area contributed by atoms with E-state index in [0.29, 0.717) is 0 Å². The normalized spacial score (nSPS) is 12.2. The standard InChI is InChI=1S/C11H11BrF2O2/c1-2-16-11(15)8(12)6-7-9(13)4-3-5-10(7)14/h3-5,8H,2,6H2,1H3. The van der Waals surface area contributed by atoms with Crippen molar-refractivity contribution >= 4 is 21.9 Å². The summed E-state index contributed by atoms with van der Waals surface area (Å²) in [6, 6.07) is 3.59. The van der Waals surface area contributed by atoms with Crippen LogP contribution in [0.4, 0.5) is 8.78 Å². The van der Waals surface area contributed by atoms with Crippen molar-refractivity contribution in [2.75, 3.05) is 6.61 Å². The molecule has 0 aromatic heterocycles. The molecule has 2 nitrogen and oxygen atoms in total. The average Bonchev–Trinajstić information content (AvgIpc) is 2.23. The Labute approximate surface area is 101 Å². The van der Waals surface area contributed by atoms with Crippen LogP contribution in [0, 0.1) is 11.6 Å². The lowest BCUT2D eigenvalue weighted by Gasteiger charge is -2.10. The van der Waals surface area contributed by atoms with Crippen molar-refractivity contribution in [1.29, 1.82) is 0 Å². The Morgan fingerprint density at radius 1 is 1.44 bits per heavy atom. The monoisotopic (exact) mass is 292 g/mol. The maximum Gasteiger partial charge on any atom is 0.320 e. The molecule has 0 saturated carbocycles. The van der Waals surface area contributed by atoms with Gasteiger partial charge in [-0.3, -0.25) is 4.79 Å². The highest BCUT2D eigenvalue weighted by Gasteiger charge is 2.20. The Morgan fingerprint density at radius 3 is 2.50 bits per heavy atom. The summed E-state index contributed by atoms with van der Waals surface area (Å²) in [6.07, 6.45) is -0.0721. The van der Waals surface area contributed by atoms with Crippen LogP contribution in [0.25, 0.3) is 0 Å². The maximum absolute atomic E-state index is 13.2. The van der Waals surface area contributed by atoms with Gasteiger partial charge in [-0.05, 0) is 19.1 Å². The first-order valence-electron chi connectivity index (χ1n) is 4.79. The fourth-order valence-electron chi connectivity index (χ4n) is 1.22. The number of carbonyl (C=O) groups excluding carboxylic acids is 1. The molecule has 0 fully saturated rings. The molecular formula is C11H11BrF2O2. The lowest BCUT2D eigenvalue weighted by atomic mass is 10.1. The van der Waals surface area contributed by atoms with E-state index < -0.39 is 22.4 Å². The molecule has 0 spiro atoms. The van der Waals surface area contributed by atoms with Crippen LogP contribution in [0.5, 0.6) is 0 Å². The summed E-state index contributed by atoms with van der Waals surface area (Å²) in [4.78, 5) is 10.5. The van der Waals surface area contributed by atoms with Gasteiger partial charge >= 0.3 is 5.97 Å². The molecule has 0 N–H and O–H groups in total. The summed E-state index contributed by atoms with van der Waals surface area (Å²) >= 11 is 3.04. The highest BCUT2D eigenvalue weighted by atomic mass is 79.9. The zero-order valence-electron chi connectivity index (χ0n) is 8.67. The molecule has 1 atom stereocenters. The highest BCUT2D eigenvalue weighted by Crippen LogP contribution is 2.18. The van der Waals surface area contributed by atoms with Crippen LogP contribution >= 0.6 is 15.9 Å². The lowest BCUT2D eigenvalue weighted by molar-refractivity contribution is -0.142. The average molecular weight is 293 g/mol. The van der Waals surface area contributed by atoms with Gasteiger partial charge in [0.15, 0.2) is 0 Å². The van der Waals surface area contributed by atoms with Crippen LogP contribution in [-0.4, -0.2) is 17.4 Å². The molecule has 0 amide bonds.